The molecule has 1 amide bonds. The van der Waals surface area contributed by atoms with Gasteiger partial charge in [0.05, 0.1) is 6.54 Å². The van der Waals surface area contributed by atoms with Crippen molar-refractivity contribution >= 4 is 5.91 Å². The van der Waals surface area contributed by atoms with Crippen molar-refractivity contribution < 1.29 is 4.79 Å². The second kappa shape index (κ2) is 8.36. The van der Waals surface area contributed by atoms with E-state index in [1.54, 1.807) is 12.3 Å². The summed E-state index contributed by atoms with van der Waals surface area (Å²) in [6, 6.07) is 5.47. The minimum atomic E-state index is 0.0211. The van der Waals surface area contributed by atoms with Crippen LogP contribution < -0.4 is 0 Å². The van der Waals surface area contributed by atoms with Crippen LogP contribution in [0.4, 0.5) is 0 Å². The number of pyridine rings is 1. The van der Waals surface area contributed by atoms with E-state index in [9.17, 15) is 4.79 Å². The van der Waals surface area contributed by atoms with Gasteiger partial charge in [0.15, 0.2) is 0 Å². The average molecular weight is 384 g/mol. The van der Waals surface area contributed by atoms with Crippen molar-refractivity contribution in [2.45, 2.75) is 25.3 Å². The highest BCUT2D eigenvalue weighted by atomic mass is 16.2. The number of piperidine rings is 1. The zero-order valence-electron chi connectivity index (χ0n) is 16.8. The molecule has 0 radical (unpaired) electrons. The van der Waals surface area contributed by atoms with Crippen LogP contribution in [0.2, 0.25) is 0 Å². The lowest BCUT2D eigenvalue weighted by atomic mass is 9.95. The molecule has 2 aliphatic heterocycles. The molecular formula is C20H29N7O. The summed E-state index contributed by atoms with van der Waals surface area (Å²) in [7, 11) is 4.24. The molecule has 150 valence electrons. The fraction of sp³-hybridized carbons (Fsp3) is 0.600. The number of piperazine rings is 1. The van der Waals surface area contributed by atoms with E-state index in [-0.39, 0.29) is 5.91 Å². The molecule has 2 fully saturated rings. The molecule has 2 aliphatic rings. The summed E-state index contributed by atoms with van der Waals surface area (Å²) in [5.74, 6) is 2.46. The second-order valence-corrected chi connectivity index (χ2v) is 7.89. The molecule has 8 heteroatoms. The highest BCUT2D eigenvalue weighted by molar-refractivity contribution is 5.92. The Labute approximate surface area is 166 Å². The first-order chi connectivity index (χ1) is 13.6. The summed E-state index contributed by atoms with van der Waals surface area (Å²) in [5, 5.41) is 8.98. The van der Waals surface area contributed by atoms with E-state index in [0.717, 1.165) is 70.3 Å². The minimum Gasteiger partial charge on any atom is -0.337 e. The van der Waals surface area contributed by atoms with Crippen LogP contribution in [0.25, 0.3) is 0 Å². The molecule has 2 aromatic heterocycles. The Morgan fingerprint density at radius 2 is 1.79 bits per heavy atom. The topological polar surface area (TPSA) is 70.4 Å². The molecule has 4 rings (SSSR count). The fourth-order valence-corrected chi connectivity index (χ4v) is 4.07. The van der Waals surface area contributed by atoms with E-state index in [1.165, 1.54) is 0 Å². The lowest BCUT2D eigenvalue weighted by molar-refractivity contribution is 0.0704. The maximum atomic E-state index is 12.6. The standard InChI is InChI=1S/C20H29N7O/c1-24-11-13-26(14-12-24)15-18-22-23-19(25(18)2)16-6-9-27(10-7-16)20(28)17-5-3-4-8-21-17/h3-5,8,16H,6-7,9-15H2,1-2H3. The molecular weight excluding hydrogens is 354 g/mol. The van der Waals surface area contributed by atoms with Crippen LogP contribution in [0.1, 0.15) is 40.9 Å². The molecule has 0 aliphatic carbocycles. The lowest BCUT2D eigenvalue weighted by Crippen LogP contribution is -2.44. The Morgan fingerprint density at radius 1 is 1.04 bits per heavy atom. The van der Waals surface area contributed by atoms with Gasteiger partial charge < -0.3 is 14.4 Å². The molecule has 0 atom stereocenters. The van der Waals surface area contributed by atoms with Crippen molar-refractivity contribution in [1.29, 1.82) is 0 Å². The Bertz CT molecular complexity index is 790. The predicted molar refractivity (Wildman–Crippen MR) is 106 cm³/mol. The number of aromatic nitrogens is 4. The normalized spacial score (nSPS) is 19.9. The number of carbonyl (C=O) groups excluding carboxylic acids is 1. The maximum Gasteiger partial charge on any atom is 0.272 e. The zero-order chi connectivity index (χ0) is 19.5. The molecule has 0 unspecified atom stereocenters. The number of carbonyl (C=O) groups is 1. The fourth-order valence-electron chi connectivity index (χ4n) is 4.07. The number of hydrogen-bond donors (Lipinski definition) is 0. The van der Waals surface area contributed by atoms with Gasteiger partial charge in [0.25, 0.3) is 5.91 Å². The van der Waals surface area contributed by atoms with Gasteiger partial charge in [-0.05, 0) is 32.0 Å². The van der Waals surface area contributed by atoms with Gasteiger partial charge in [-0.15, -0.1) is 10.2 Å². The Hall–Kier alpha value is -2.32. The van der Waals surface area contributed by atoms with Crippen molar-refractivity contribution in [2.24, 2.45) is 7.05 Å². The summed E-state index contributed by atoms with van der Waals surface area (Å²) < 4.78 is 2.17. The zero-order valence-corrected chi connectivity index (χ0v) is 16.8. The summed E-state index contributed by atoms with van der Waals surface area (Å²) in [5.41, 5.74) is 0.522. The van der Waals surface area contributed by atoms with Gasteiger partial charge in [-0.1, -0.05) is 6.07 Å². The van der Waals surface area contributed by atoms with Crippen LogP contribution in [-0.2, 0) is 13.6 Å². The number of rotatable bonds is 4. The molecule has 0 spiro atoms. The number of hydrogen-bond acceptors (Lipinski definition) is 6. The van der Waals surface area contributed by atoms with Crippen LogP contribution in [0.15, 0.2) is 24.4 Å². The lowest BCUT2D eigenvalue weighted by Gasteiger charge is -2.32. The largest absolute Gasteiger partial charge is 0.337 e. The quantitative estimate of drug-likeness (QED) is 0.784. The molecule has 28 heavy (non-hydrogen) atoms. The predicted octanol–water partition coefficient (Wildman–Crippen LogP) is 0.977. The molecule has 0 saturated carbocycles. The first-order valence-electron chi connectivity index (χ1n) is 10.1. The van der Waals surface area contributed by atoms with Gasteiger partial charge in [0.2, 0.25) is 0 Å². The van der Waals surface area contributed by atoms with Gasteiger partial charge in [-0.25, -0.2) is 0 Å². The Kier molecular flexibility index (Phi) is 5.68. The Balaban J connectivity index is 1.35. The van der Waals surface area contributed by atoms with Crippen LogP contribution in [0.5, 0.6) is 0 Å². The van der Waals surface area contributed by atoms with E-state index in [2.05, 4.69) is 43.6 Å². The van der Waals surface area contributed by atoms with Gasteiger partial charge in [-0.2, -0.15) is 0 Å². The molecule has 4 heterocycles. The van der Waals surface area contributed by atoms with Gasteiger partial charge in [0.1, 0.15) is 17.3 Å². The van der Waals surface area contributed by atoms with Crippen LogP contribution >= 0.6 is 0 Å². The smallest absolute Gasteiger partial charge is 0.272 e. The number of likely N-dealkylation sites (N-methyl/N-ethyl adjacent to an activating group) is 1. The third-order valence-corrected chi connectivity index (χ3v) is 5.99. The van der Waals surface area contributed by atoms with Crippen molar-refractivity contribution in [2.75, 3.05) is 46.3 Å². The third-order valence-electron chi connectivity index (χ3n) is 5.99. The van der Waals surface area contributed by atoms with Crippen LogP contribution in [0, 0.1) is 0 Å². The van der Waals surface area contributed by atoms with Crippen molar-refractivity contribution in [3.8, 4) is 0 Å². The van der Waals surface area contributed by atoms with E-state index >= 15 is 0 Å². The number of nitrogens with zero attached hydrogens (tertiary/aromatic N) is 7. The molecule has 2 saturated heterocycles. The van der Waals surface area contributed by atoms with E-state index < -0.39 is 0 Å². The van der Waals surface area contributed by atoms with Gasteiger partial charge in [0, 0.05) is 58.4 Å². The highest BCUT2D eigenvalue weighted by Gasteiger charge is 2.28. The van der Waals surface area contributed by atoms with Crippen LogP contribution in [0.3, 0.4) is 0 Å². The first kappa shape index (κ1) is 19.0. The molecule has 0 aromatic carbocycles. The maximum absolute atomic E-state index is 12.6. The number of amides is 1. The van der Waals surface area contributed by atoms with Crippen molar-refractivity contribution in [1.82, 2.24) is 34.4 Å². The first-order valence-corrected chi connectivity index (χ1v) is 10.1. The van der Waals surface area contributed by atoms with Gasteiger partial charge in [-0.3, -0.25) is 14.7 Å². The van der Waals surface area contributed by atoms with E-state index in [0.29, 0.717) is 11.6 Å². The van der Waals surface area contributed by atoms with E-state index in [1.807, 2.05) is 17.0 Å². The number of likely N-dealkylation sites (tertiary alicyclic amines) is 1. The monoisotopic (exact) mass is 383 g/mol. The van der Waals surface area contributed by atoms with Crippen molar-refractivity contribution in [3.63, 3.8) is 0 Å². The summed E-state index contributed by atoms with van der Waals surface area (Å²) in [4.78, 5) is 23.5. The SMILES string of the molecule is CN1CCN(Cc2nnc(C3CCN(C(=O)c4ccccn4)CC3)n2C)CC1. The molecule has 0 bridgehead atoms. The van der Waals surface area contributed by atoms with Gasteiger partial charge >= 0.3 is 0 Å². The highest BCUT2D eigenvalue weighted by Crippen LogP contribution is 2.27. The Morgan fingerprint density at radius 3 is 2.46 bits per heavy atom. The molecule has 2 aromatic rings. The summed E-state index contributed by atoms with van der Waals surface area (Å²) >= 11 is 0. The van der Waals surface area contributed by atoms with E-state index in [4.69, 9.17) is 0 Å². The van der Waals surface area contributed by atoms with Crippen LogP contribution in [-0.4, -0.2) is 86.7 Å². The molecule has 8 nitrogen and oxygen atoms in total. The summed E-state index contributed by atoms with van der Waals surface area (Å²) in [6.45, 7) is 6.69. The minimum absolute atomic E-state index is 0.0211. The summed E-state index contributed by atoms with van der Waals surface area (Å²) in [6.07, 6.45) is 3.50. The third kappa shape index (κ3) is 4.07. The average Bonchev–Trinajstić information content (AvgIpc) is 3.10. The second-order valence-electron chi connectivity index (χ2n) is 7.89. The van der Waals surface area contributed by atoms with Crippen molar-refractivity contribution in [3.05, 3.63) is 41.7 Å². The molecule has 0 N–H and O–H groups in total.